The predicted octanol–water partition coefficient (Wildman–Crippen LogP) is 2.44. The van der Waals surface area contributed by atoms with Gasteiger partial charge in [-0.2, -0.15) is 0 Å². The molecule has 11 nitrogen and oxygen atoms in total. The third-order valence-corrected chi connectivity index (χ3v) is 10.3. The minimum absolute atomic E-state index is 0.0227. The van der Waals surface area contributed by atoms with E-state index in [0.717, 1.165) is 16.6 Å². The Balaban J connectivity index is 1.24. The van der Waals surface area contributed by atoms with Crippen molar-refractivity contribution in [2.75, 3.05) is 6.61 Å². The van der Waals surface area contributed by atoms with Crippen LogP contribution in [0.25, 0.3) is 11.0 Å². The fourth-order valence-electron chi connectivity index (χ4n) is 8.09. The van der Waals surface area contributed by atoms with E-state index >= 15 is 0 Å². The van der Waals surface area contributed by atoms with Gasteiger partial charge >= 0.3 is 0 Å². The first kappa shape index (κ1) is 30.1. The Morgan fingerprint density at radius 3 is 2.37 bits per heavy atom. The summed E-state index contributed by atoms with van der Waals surface area (Å²) < 4.78 is 8.45. The van der Waals surface area contributed by atoms with Gasteiger partial charge in [0.2, 0.25) is 17.7 Å². The molecule has 3 N–H and O–H groups in total. The van der Waals surface area contributed by atoms with E-state index in [0.29, 0.717) is 24.9 Å². The van der Waals surface area contributed by atoms with Crippen LogP contribution in [0.1, 0.15) is 31.4 Å². The van der Waals surface area contributed by atoms with Crippen LogP contribution in [0.15, 0.2) is 84.9 Å². The maximum atomic E-state index is 14.7. The molecular formula is C35H38N6O5. The van der Waals surface area contributed by atoms with E-state index < -0.39 is 41.0 Å². The number of benzene rings is 3. The molecule has 46 heavy (non-hydrogen) atoms. The lowest BCUT2D eigenvalue weighted by Crippen LogP contribution is -2.58. The number of carbonyl (C=O) groups is 3. The van der Waals surface area contributed by atoms with Crippen molar-refractivity contribution in [3.05, 3.63) is 96.1 Å². The van der Waals surface area contributed by atoms with Crippen LogP contribution in [0, 0.1) is 17.8 Å². The molecule has 0 saturated carbocycles. The van der Waals surface area contributed by atoms with E-state index in [9.17, 15) is 19.5 Å². The van der Waals surface area contributed by atoms with E-state index in [4.69, 9.17) is 4.74 Å². The second-order valence-electron chi connectivity index (χ2n) is 13.0. The number of para-hydroxylation sites is 1. The van der Waals surface area contributed by atoms with Crippen LogP contribution in [-0.4, -0.2) is 72.6 Å². The fraction of sp³-hybridized carbons (Fsp3) is 0.400. The summed E-state index contributed by atoms with van der Waals surface area (Å²) in [5.41, 5.74) is 1.10. The lowest BCUT2D eigenvalue weighted by atomic mass is 9.62. The molecular weight excluding hydrogens is 584 g/mol. The molecule has 238 valence electrons. The molecule has 7 rings (SSSR count). The number of aliphatic hydroxyl groups is 1. The van der Waals surface area contributed by atoms with Gasteiger partial charge in [0.25, 0.3) is 0 Å². The summed E-state index contributed by atoms with van der Waals surface area (Å²) in [7, 11) is 0. The number of amides is 3. The highest BCUT2D eigenvalue weighted by Crippen LogP contribution is 2.65. The summed E-state index contributed by atoms with van der Waals surface area (Å²) in [6.07, 6.45) is 0.758. The molecule has 7 atom stereocenters. The monoisotopic (exact) mass is 622 g/mol. The van der Waals surface area contributed by atoms with E-state index in [1.165, 1.54) is 4.90 Å². The summed E-state index contributed by atoms with van der Waals surface area (Å²) in [4.78, 5) is 44.6. The maximum Gasteiger partial charge on any atom is 0.247 e. The lowest BCUT2D eigenvalue weighted by Gasteiger charge is -2.37. The SMILES string of the molecule is CC1CC23O[C@@]1(C)[C@H](C(=O)NCc1ccccc1)[C@H]2C(=O)N([C@@H](CO)Cc1ccccc1)C3C(=O)NCn1nnc2ccccc21. The van der Waals surface area contributed by atoms with Crippen LogP contribution in [0.2, 0.25) is 0 Å². The van der Waals surface area contributed by atoms with E-state index in [2.05, 4.69) is 20.9 Å². The molecule has 3 aliphatic heterocycles. The van der Waals surface area contributed by atoms with Crippen LogP contribution < -0.4 is 10.6 Å². The van der Waals surface area contributed by atoms with E-state index in [-0.39, 0.29) is 31.0 Å². The first-order valence-electron chi connectivity index (χ1n) is 15.8. The predicted molar refractivity (Wildman–Crippen MR) is 169 cm³/mol. The number of aromatic nitrogens is 3. The molecule has 4 heterocycles. The number of nitrogens with zero attached hydrogens (tertiary/aromatic N) is 4. The Kier molecular flexibility index (Phi) is 7.60. The smallest absolute Gasteiger partial charge is 0.247 e. The van der Waals surface area contributed by atoms with Gasteiger partial charge in [0.1, 0.15) is 23.8 Å². The normalized spacial score (nSPS) is 28.8. The van der Waals surface area contributed by atoms with Crippen molar-refractivity contribution in [1.82, 2.24) is 30.5 Å². The van der Waals surface area contributed by atoms with Crippen LogP contribution in [0.5, 0.6) is 0 Å². The van der Waals surface area contributed by atoms with Gasteiger partial charge in [0.05, 0.1) is 35.6 Å². The maximum absolute atomic E-state index is 14.7. The van der Waals surface area contributed by atoms with Gasteiger partial charge < -0.3 is 25.4 Å². The minimum Gasteiger partial charge on any atom is -0.394 e. The number of hydrogen-bond acceptors (Lipinski definition) is 7. The third-order valence-electron chi connectivity index (χ3n) is 10.3. The summed E-state index contributed by atoms with van der Waals surface area (Å²) in [5.74, 6) is -2.88. The van der Waals surface area contributed by atoms with Crippen molar-refractivity contribution in [2.45, 2.75) is 63.2 Å². The largest absolute Gasteiger partial charge is 0.394 e. The van der Waals surface area contributed by atoms with Crippen molar-refractivity contribution in [3.63, 3.8) is 0 Å². The number of likely N-dealkylation sites (tertiary alicyclic amines) is 1. The Bertz CT molecular complexity index is 1760. The van der Waals surface area contributed by atoms with Gasteiger partial charge in [-0.25, -0.2) is 4.68 Å². The van der Waals surface area contributed by atoms with Crippen molar-refractivity contribution in [2.24, 2.45) is 17.8 Å². The van der Waals surface area contributed by atoms with Crippen molar-refractivity contribution in [3.8, 4) is 0 Å². The average molecular weight is 623 g/mol. The van der Waals surface area contributed by atoms with Gasteiger partial charge in [0, 0.05) is 6.54 Å². The summed E-state index contributed by atoms with van der Waals surface area (Å²) in [6, 6.07) is 24.8. The first-order chi connectivity index (χ1) is 22.3. The van der Waals surface area contributed by atoms with Gasteiger partial charge in [-0.1, -0.05) is 84.9 Å². The number of fused-ring (bicyclic) bond motifs is 2. The van der Waals surface area contributed by atoms with Gasteiger partial charge in [-0.3, -0.25) is 14.4 Å². The Morgan fingerprint density at radius 1 is 0.978 bits per heavy atom. The lowest BCUT2D eigenvalue weighted by molar-refractivity contribution is -0.151. The molecule has 3 aromatic carbocycles. The first-order valence-corrected chi connectivity index (χ1v) is 15.8. The molecule has 3 unspecified atom stereocenters. The summed E-state index contributed by atoms with van der Waals surface area (Å²) >= 11 is 0. The zero-order valence-electron chi connectivity index (χ0n) is 25.9. The number of rotatable bonds is 10. The van der Waals surface area contributed by atoms with Crippen LogP contribution in [0.4, 0.5) is 0 Å². The minimum atomic E-state index is -1.25. The summed E-state index contributed by atoms with van der Waals surface area (Å²) in [6.45, 7) is 3.87. The molecule has 0 aliphatic carbocycles. The van der Waals surface area contributed by atoms with Gasteiger partial charge in [-0.15, -0.1) is 5.10 Å². The quantitative estimate of drug-likeness (QED) is 0.247. The van der Waals surface area contributed by atoms with E-state index in [1.807, 2.05) is 98.8 Å². The summed E-state index contributed by atoms with van der Waals surface area (Å²) in [5, 5.41) is 25.1. The molecule has 3 saturated heterocycles. The van der Waals surface area contributed by atoms with Crippen molar-refractivity contribution < 1.29 is 24.2 Å². The molecule has 11 heteroatoms. The highest BCUT2D eigenvalue weighted by molar-refractivity contribution is 5.99. The fourth-order valence-corrected chi connectivity index (χ4v) is 8.09. The standard InChI is InChI=1S/C35H38N6O5/c1-22-18-35-29(28(34(22,2)46-35)31(43)36-19-24-13-7-4-8-14-24)33(45)41(25(20-42)17-23-11-5-3-6-12-23)30(35)32(44)37-21-40-27-16-10-9-15-26(27)38-39-40/h3-16,22,25,28-30,42H,17-21H2,1-2H3,(H,36,43)(H,37,44)/t22?,25-,28+,29+,30?,34-,35?/m1/s1. The Labute approximate surface area is 266 Å². The zero-order chi connectivity index (χ0) is 32.1. The number of ether oxygens (including phenoxy) is 1. The molecule has 3 amide bonds. The van der Waals surface area contributed by atoms with E-state index in [1.54, 1.807) is 4.68 Å². The van der Waals surface area contributed by atoms with Crippen LogP contribution >= 0.6 is 0 Å². The second kappa shape index (κ2) is 11.6. The highest BCUT2D eigenvalue weighted by Gasteiger charge is 2.80. The third kappa shape index (κ3) is 4.76. The van der Waals surface area contributed by atoms with Crippen molar-refractivity contribution >= 4 is 28.8 Å². The molecule has 3 fully saturated rings. The average Bonchev–Trinajstić information content (AvgIpc) is 3.75. The molecule has 0 radical (unpaired) electrons. The topological polar surface area (TPSA) is 139 Å². The van der Waals surface area contributed by atoms with Crippen LogP contribution in [0.3, 0.4) is 0 Å². The molecule has 4 aromatic rings. The molecule has 1 aromatic heterocycles. The number of carbonyl (C=O) groups excluding carboxylic acids is 3. The molecule has 2 bridgehead atoms. The van der Waals surface area contributed by atoms with Crippen LogP contribution in [-0.2, 0) is 38.8 Å². The second-order valence-corrected chi connectivity index (χ2v) is 13.0. The Morgan fingerprint density at radius 2 is 1.65 bits per heavy atom. The van der Waals surface area contributed by atoms with Gasteiger partial charge in [-0.05, 0) is 48.9 Å². The molecule has 3 aliphatic rings. The zero-order valence-corrected chi connectivity index (χ0v) is 25.9. The number of aliphatic hydroxyl groups excluding tert-OH is 1. The molecule has 1 spiro atoms. The van der Waals surface area contributed by atoms with Gasteiger partial charge in [0.15, 0.2) is 0 Å². The van der Waals surface area contributed by atoms with Crippen molar-refractivity contribution in [1.29, 1.82) is 0 Å². The number of hydrogen-bond donors (Lipinski definition) is 3. The Hall–Kier alpha value is -4.61. The highest BCUT2D eigenvalue weighted by atomic mass is 16.5. The number of nitrogens with one attached hydrogen (secondary N) is 2.